The molecular formula is C13H13F3N2. The molecule has 0 unspecified atom stereocenters. The van der Waals surface area contributed by atoms with Gasteiger partial charge in [0, 0.05) is 11.1 Å². The van der Waals surface area contributed by atoms with Gasteiger partial charge < -0.3 is 5.73 Å². The SMILES string of the molecule is C=CC.Nc1cc(C(F)(F)F)nc2ccccc12. The number of para-hydroxylation sites is 1. The zero-order valence-electron chi connectivity index (χ0n) is 9.83. The third kappa shape index (κ3) is 3.23. The summed E-state index contributed by atoms with van der Waals surface area (Å²) in [6, 6.07) is 7.31. The van der Waals surface area contributed by atoms with Gasteiger partial charge in [0.05, 0.1) is 5.52 Å². The molecule has 2 N–H and O–H groups in total. The van der Waals surface area contributed by atoms with Crippen molar-refractivity contribution in [1.82, 2.24) is 4.98 Å². The monoisotopic (exact) mass is 254 g/mol. The van der Waals surface area contributed by atoms with Gasteiger partial charge in [-0.15, -0.1) is 6.58 Å². The van der Waals surface area contributed by atoms with Crippen LogP contribution in [-0.2, 0) is 6.18 Å². The highest BCUT2D eigenvalue weighted by Gasteiger charge is 2.33. The topological polar surface area (TPSA) is 38.9 Å². The number of alkyl halides is 3. The summed E-state index contributed by atoms with van der Waals surface area (Å²) in [5, 5.41) is 0.533. The molecule has 1 aromatic carbocycles. The van der Waals surface area contributed by atoms with Crippen molar-refractivity contribution < 1.29 is 13.2 Å². The van der Waals surface area contributed by atoms with Crippen LogP contribution in [0, 0.1) is 0 Å². The van der Waals surface area contributed by atoms with Gasteiger partial charge >= 0.3 is 6.18 Å². The number of aromatic nitrogens is 1. The number of nitrogens with two attached hydrogens (primary N) is 1. The summed E-state index contributed by atoms with van der Waals surface area (Å²) in [5.74, 6) is 0. The number of benzene rings is 1. The zero-order valence-corrected chi connectivity index (χ0v) is 9.83. The Kier molecular flexibility index (Phi) is 4.31. The van der Waals surface area contributed by atoms with Crippen molar-refractivity contribution in [2.75, 3.05) is 5.73 Å². The van der Waals surface area contributed by atoms with Gasteiger partial charge in [-0.05, 0) is 19.1 Å². The lowest BCUT2D eigenvalue weighted by Gasteiger charge is -2.08. The number of hydrogen-bond donors (Lipinski definition) is 1. The fraction of sp³-hybridized carbons (Fsp3) is 0.154. The van der Waals surface area contributed by atoms with E-state index in [1.165, 1.54) is 6.07 Å². The van der Waals surface area contributed by atoms with Gasteiger partial charge in [0.15, 0.2) is 0 Å². The van der Waals surface area contributed by atoms with Crippen molar-refractivity contribution in [1.29, 1.82) is 0 Å². The second-order valence-corrected chi connectivity index (χ2v) is 3.52. The highest BCUT2D eigenvalue weighted by atomic mass is 19.4. The number of nitrogen functional groups attached to an aromatic ring is 1. The normalized spacial score (nSPS) is 10.7. The average molecular weight is 254 g/mol. The van der Waals surface area contributed by atoms with Crippen molar-refractivity contribution >= 4 is 16.6 Å². The predicted octanol–water partition coefficient (Wildman–Crippen LogP) is 4.03. The maximum atomic E-state index is 12.4. The molecule has 0 aliphatic heterocycles. The van der Waals surface area contributed by atoms with Crippen molar-refractivity contribution in [3.8, 4) is 0 Å². The third-order valence-electron chi connectivity index (χ3n) is 2.04. The van der Waals surface area contributed by atoms with Crippen LogP contribution in [0.15, 0.2) is 43.0 Å². The summed E-state index contributed by atoms with van der Waals surface area (Å²) in [4.78, 5) is 3.50. The second kappa shape index (κ2) is 5.53. The van der Waals surface area contributed by atoms with Gasteiger partial charge in [0.1, 0.15) is 5.69 Å². The molecule has 1 heterocycles. The molecule has 96 valence electrons. The van der Waals surface area contributed by atoms with Gasteiger partial charge in [0.2, 0.25) is 0 Å². The third-order valence-corrected chi connectivity index (χ3v) is 2.04. The highest BCUT2D eigenvalue weighted by Crippen LogP contribution is 2.31. The predicted molar refractivity (Wildman–Crippen MR) is 67.0 cm³/mol. The first kappa shape index (κ1) is 14.0. The molecule has 5 heteroatoms. The van der Waals surface area contributed by atoms with E-state index in [2.05, 4.69) is 11.6 Å². The van der Waals surface area contributed by atoms with Crippen molar-refractivity contribution in [3.05, 3.63) is 48.7 Å². The Morgan fingerprint density at radius 2 is 1.83 bits per heavy atom. The minimum Gasteiger partial charge on any atom is -0.398 e. The minimum atomic E-state index is -4.46. The van der Waals surface area contributed by atoms with Crippen LogP contribution in [0.3, 0.4) is 0 Å². The molecule has 0 spiro atoms. The van der Waals surface area contributed by atoms with Crippen LogP contribution < -0.4 is 5.73 Å². The fourth-order valence-electron chi connectivity index (χ4n) is 1.35. The van der Waals surface area contributed by atoms with E-state index in [1.807, 2.05) is 6.92 Å². The average Bonchev–Trinajstić information content (AvgIpc) is 2.29. The molecule has 0 aliphatic rings. The van der Waals surface area contributed by atoms with Crippen LogP contribution in [0.25, 0.3) is 10.9 Å². The Hall–Kier alpha value is -2.04. The minimum absolute atomic E-state index is 0.0907. The maximum Gasteiger partial charge on any atom is 0.433 e. The lowest BCUT2D eigenvalue weighted by Crippen LogP contribution is -2.08. The first-order valence-electron chi connectivity index (χ1n) is 5.19. The number of pyridine rings is 1. The summed E-state index contributed by atoms with van der Waals surface area (Å²) in [7, 11) is 0. The van der Waals surface area contributed by atoms with Crippen LogP contribution in [0.1, 0.15) is 12.6 Å². The second-order valence-electron chi connectivity index (χ2n) is 3.52. The van der Waals surface area contributed by atoms with Gasteiger partial charge in [-0.25, -0.2) is 4.98 Å². The number of halogens is 3. The molecule has 0 saturated heterocycles. The summed E-state index contributed by atoms with van der Waals surface area (Å²) >= 11 is 0. The van der Waals surface area contributed by atoms with E-state index in [0.29, 0.717) is 5.39 Å². The van der Waals surface area contributed by atoms with Crippen molar-refractivity contribution in [2.45, 2.75) is 13.1 Å². The van der Waals surface area contributed by atoms with Crippen LogP contribution in [0.4, 0.5) is 18.9 Å². The Balaban J connectivity index is 0.000000492. The van der Waals surface area contributed by atoms with E-state index in [-0.39, 0.29) is 11.2 Å². The maximum absolute atomic E-state index is 12.4. The van der Waals surface area contributed by atoms with Crippen LogP contribution >= 0.6 is 0 Å². The Bertz CT molecular complexity index is 547. The Morgan fingerprint density at radius 1 is 1.28 bits per heavy atom. The quantitative estimate of drug-likeness (QED) is 0.721. The molecule has 2 aromatic rings. The van der Waals surface area contributed by atoms with E-state index in [0.717, 1.165) is 6.07 Å². The summed E-state index contributed by atoms with van der Waals surface area (Å²) in [5.41, 5.74) is 4.90. The summed E-state index contributed by atoms with van der Waals surface area (Å²) in [6.07, 6.45) is -2.71. The molecule has 0 aliphatic carbocycles. The molecular weight excluding hydrogens is 241 g/mol. The lowest BCUT2D eigenvalue weighted by molar-refractivity contribution is -0.140. The van der Waals surface area contributed by atoms with E-state index in [1.54, 1.807) is 24.3 Å². The first-order chi connectivity index (χ1) is 8.40. The summed E-state index contributed by atoms with van der Waals surface area (Å²) in [6.45, 7) is 5.25. The van der Waals surface area contributed by atoms with Crippen LogP contribution in [0.5, 0.6) is 0 Å². The van der Waals surface area contributed by atoms with Gasteiger partial charge in [-0.2, -0.15) is 13.2 Å². The van der Waals surface area contributed by atoms with E-state index < -0.39 is 11.9 Å². The highest BCUT2D eigenvalue weighted by molar-refractivity contribution is 5.90. The Labute approximate surface area is 103 Å². The molecule has 0 bridgehead atoms. The molecule has 18 heavy (non-hydrogen) atoms. The smallest absolute Gasteiger partial charge is 0.398 e. The van der Waals surface area contributed by atoms with Crippen LogP contribution in [-0.4, -0.2) is 4.98 Å². The largest absolute Gasteiger partial charge is 0.433 e. The summed E-state index contributed by atoms with van der Waals surface area (Å²) < 4.78 is 37.1. The number of rotatable bonds is 0. The molecule has 0 saturated carbocycles. The van der Waals surface area contributed by atoms with Crippen molar-refractivity contribution in [2.24, 2.45) is 0 Å². The fourth-order valence-corrected chi connectivity index (χ4v) is 1.35. The van der Waals surface area contributed by atoms with E-state index in [9.17, 15) is 13.2 Å². The lowest BCUT2D eigenvalue weighted by atomic mass is 10.1. The van der Waals surface area contributed by atoms with Crippen molar-refractivity contribution in [3.63, 3.8) is 0 Å². The molecule has 2 nitrogen and oxygen atoms in total. The first-order valence-corrected chi connectivity index (χ1v) is 5.19. The molecule has 0 radical (unpaired) electrons. The number of fused-ring (bicyclic) bond motifs is 1. The molecule has 0 fully saturated rings. The van der Waals surface area contributed by atoms with Gasteiger partial charge in [-0.1, -0.05) is 24.3 Å². The van der Waals surface area contributed by atoms with Gasteiger partial charge in [-0.3, -0.25) is 0 Å². The van der Waals surface area contributed by atoms with Gasteiger partial charge in [0.25, 0.3) is 0 Å². The number of nitrogens with zero attached hydrogens (tertiary/aromatic N) is 1. The Morgan fingerprint density at radius 3 is 2.39 bits per heavy atom. The van der Waals surface area contributed by atoms with E-state index >= 15 is 0 Å². The molecule has 2 rings (SSSR count). The van der Waals surface area contributed by atoms with Crippen LogP contribution in [0.2, 0.25) is 0 Å². The molecule has 0 amide bonds. The molecule has 0 atom stereocenters. The standard InChI is InChI=1S/C10H7F3N2.C3H6/c11-10(12,13)9-5-7(14)6-3-1-2-4-8(6)15-9;1-3-2/h1-5H,(H2,14,15);3H,1H2,2H3. The zero-order chi connectivity index (χ0) is 13.8. The number of hydrogen-bond acceptors (Lipinski definition) is 2. The molecule has 1 aromatic heterocycles. The number of anilines is 1. The number of allylic oxidation sites excluding steroid dienone is 1. The van der Waals surface area contributed by atoms with E-state index in [4.69, 9.17) is 5.73 Å².